The smallest absolute Gasteiger partial charge is 0.306 e. The van der Waals surface area contributed by atoms with Gasteiger partial charge in [0.1, 0.15) is 31.0 Å². The molecule has 1 aliphatic rings. The van der Waals surface area contributed by atoms with Crippen molar-refractivity contribution in [2.75, 3.05) is 19.8 Å². The quantitative estimate of drug-likeness (QED) is 0.0268. The summed E-state index contributed by atoms with van der Waals surface area (Å²) >= 11 is 0. The van der Waals surface area contributed by atoms with E-state index in [1.54, 1.807) is 0 Å². The molecule has 59 heavy (non-hydrogen) atoms. The van der Waals surface area contributed by atoms with E-state index in [9.17, 15) is 30.0 Å². The Balaban J connectivity index is 2.34. The third kappa shape index (κ3) is 31.0. The van der Waals surface area contributed by atoms with Gasteiger partial charge in [-0.15, -0.1) is 6.58 Å². The van der Waals surface area contributed by atoms with Crippen LogP contribution in [0.4, 0.5) is 0 Å². The molecule has 4 N–H and O–H groups in total. The molecule has 0 spiro atoms. The molecular formula is C49H84O10. The van der Waals surface area contributed by atoms with Gasteiger partial charge in [-0.2, -0.15) is 0 Å². The number of unbranched alkanes of at least 4 members (excludes halogenated alkanes) is 19. The van der Waals surface area contributed by atoms with Crippen molar-refractivity contribution in [3.8, 4) is 0 Å². The highest BCUT2D eigenvalue weighted by atomic mass is 16.7. The molecule has 1 heterocycles. The first-order chi connectivity index (χ1) is 28.8. The Morgan fingerprint density at radius 3 is 1.56 bits per heavy atom. The first kappa shape index (κ1) is 54.4. The van der Waals surface area contributed by atoms with E-state index in [4.69, 9.17) is 18.9 Å². The zero-order chi connectivity index (χ0) is 43.0. The van der Waals surface area contributed by atoms with Gasteiger partial charge in [-0.3, -0.25) is 9.59 Å². The minimum Gasteiger partial charge on any atom is -0.462 e. The molecule has 1 saturated heterocycles. The van der Waals surface area contributed by atoms with Crippen LogP contribution < -0.4 is 0 Å². The average Bonchev–Trinajstić information content (AvgIpc) is 3.23. The van der Waals surface area contributed by atoms with Gasteiger partial charge >= 0.3 is 11.9 Å². The second-order valence-corrected chi connectivity index (χ2v) is 15.9. The summed E-state index contributed by atoms with van der Waals surface area (Å²) in [6.45, 7) is 4.88. The number of ether oxygens (including phenoxy) is 4. The Hall–Kier alpha value is -2.60. The van der Waals surface area contributed by atoms with Crippen LogP contribution in [-0.4, -0.2) is 89.0 Å². The summed E-state index contributed by atoms with van der Waals surface area (Å²) in [6, 6.07) is 0. The van der Waals surface area contributed by atoms with Crippen LogP contribution in [-0.2, 0) is 28.5 Å². The molecule has 0 aromatic rings. The maximum absolute atomic E-state index is 12.8. The molecule has 10 heteroatoms. The third-order valence-electron chi connectivity index (χ3n) is 10.5. The molecule has 0 aliphatic carbocycles. The van der Waals surface area contributed by atoms with Gasteiger partial charge in [0.15, 0.2) is 12.4 Å². The summed E-state index contributed by atoms with van der Waals surface area (Å²) in [4.78, 5) is 25.4. The largest absolute Gasteiger partial charge is 0.462 e. The van der Waals surface area contributed by atoms with Gasteiger partial charge < -0.3 is 39.4 Å². The van der Waals surface area contributed by atoms with Crippen LogP contribution in [0.1, 0.15) is 180 Å². The number of carbonyl (C=O) groups excluding carboxylic acids is 2. The molecule has 1 rings (SSSR count). The van der Waals surface area contributed by atoms with E-state index in [2.05, 4.69) is 62.1 Å². The number of carbonyl (C=O) groups is 2. The molecule has 0 radical (unpaired) electrons. The van der Waals surface area contributed by atoms with Crippen LogP contribution in [0.25, 0.3) is 0 Å². The summed E-state index contributed by atoms with van der Waals surface area (Å²) in [5.74, 6) is -0.847. The number of aliphatic hydroxyl groups is 4. The standard InChI is InChI=1S/C49H84O10/c1-3-5-7-9-11-13-15-17-19-20-21-22-24-26-28-30-32-34-36-38-45(52)58-42(41-57-49-48(55)47(54)46(53)43(39-50)59-49)40-56-44(51)37-35-33-31-29-27-25-23-18-16-14-12-10-8-6-4-2/h4,11,13,17,19,21-22,26,28,42-43,46-50,53-55H,2-3,5-10,12,14-16,18,20,23-25,27,29-41H2,1H3/b13-11+,19-17+,22-21+,28-26+/t42-,43-,46+,47?,48?,49-/m1/s1. The first-order valence-electron chi connectivity index (χ1n) is 23.3. The topological polar surface area (TPSA) is 152 Å². The Labute approximate surface area is 358 Å². The number of aliphatic hydroxyl groups excluding tert-OH is 4. The Kier molecular flexibility index (Phi) is 36.5. The van der Waals surface area contributed by atoms with E-state index in [0.717, 1.165) is 70.6 Å². The van der Waals surface area contributed by atoms with Crippen molar-refractivity contribution in [3.63, 3.8) is 0 Å². The molecule has 1 aliphatic heterocycles. The monoisotopic (exact) mass is 833 g/mol. The molecule has 0 saturated carbocycles. The highest BCUT2D eigenvalue weighted by molar-refractivity contribution is 5.70. The fraction of sp³-hybridized carbons (Fsp3) is 0.755. The summed E-state index contributed by atoms with van der Waals surface area (Å²) < 4.78 is 22.1. The maximum Gasteiger partial charge on any atom is 0.306 e. The molecular weight excluding hydrogens is 749 g/mol. The van der Waals surface area contributed by atoms with E-state index >= 15 is 0 Å². The van der Waals surface area contributed by atoms with E-state index in [1.807, 2.05) is 6.08 Å². The first-order valence-corrected chi connectivity index (χ1v) is 23.3. The molecule has 1 fully saturated rings. The molecule has 0 aromatic heterocycles. The Morgan fingerprint density at radius 2 is 1.03 bits per heavy atom. The molecule has 0 bridgehead atoms. The fourth-order valence-corrected chi connectivity index (χ4v) is 6.80. The normalized spacial score (nSPS) is 20.3. The summed E-state index contributed by atoms with van der Waals surface area (Å²) in [5.41, 5.74) is 0. The van der Waals surface area contributed by atoms with Crippen molar-refractivity contribution < 1.29 is 49.0 Å². The predicted molar refractivity (Wildman–Crippen MR) is 238 cm³/mol. The second-order valence-electron chi connectivity index (χ2n) is 15.9. The van der Waals surface area contributed by atoms with Crippen molar-refractivity contribution in [2.24, 2.45) is 0 Å². The molecule has 2 unspecified atom stereocenters. The van der Waals surface area contributed by atoms with Gasteiger partial charge in [-0.05, 0) is 70.6 Å². The van der Waals surface area contributed by atoms with E-state index in [0.29, 0.717) is 6.42 Å². The Bertz CT molecular complexity index is 1130. The molecule has 340 valence electrons. The van der Waals surface area contributed by atoms with Crippen LogP contribution in [0.5, 0.6) is 0 Å². The van der Waals surface area contributed by atoms with Crippen molar-refractivity contribution >= 4 is 11.9 Å². The molecule has 0 aromatic carbocycles. The van der Waals surface area contributed by atoms with Gasteiger partial charge in [0, 0.05) is 12.8 Å². The number of allylic oxidation sites excluding steroid dienone is 9. The fourth-order valence-electron chi connectivity index (χ4n) is 6.80. The third-order valence-corrected chi connectivity index (χ3v) is 10.5. The van der Waals surface area contributed by atoms with E-state index in [1.165, 1.54) is 83.5 Å². The minimum absolute atomic E-state index is 0.190. The van der Waals surface area contributed by atoms with Crippen LogP contribution in [0.3, 0.4) is 0 Å². The number of rotatable bonds is 39. The number of hydrogen-bond donors (Lipinski definition) is 4. The van der Waals surface area contributed by atoms with Gasteiger partial charge in [-0.1, -0.05) is 151 Å². The lowest BCUT2D eigenvalue weighted by molar-refractivity contribution is -0.305. The average molecular weight is 833 g/mol. The summed E-state index contributed by atoms with van der Waals surface area (Å²) in [7, 11) is 0. The Morgan fingerprint density at radius 1 is 0.576 bits per heavy atom. The van der Waals surface area contributed by atoms with Crippen molar-refractivity contribution in [1.29, 1.82) is 0 Å². The van der Waals surface area contributed by atoms with E-state index < -0.39 is 49.4 Å². The highest BCUT2D eigenvalue weighted by Crippen LogP contribution is 2.22. The van der Waals surface area contributed by atoms with Crippen molar-refractivity contribution in [3.05, 3.63) is 61.3 Å². The highest BCUT2D eigenvalue weighted by Gasteiger charge is 2.44. The van der Waals surface area contributed by atoms with Crippen molar-refractivity contribution in [1.82, 2.24) is 0 Å². The lowest BCUT2D eigenvalue weighted by Crippen LogP contribution is -2.59. The SMILES string of the molecule is C=CCCCCCCCCCCCCCCCC(=O)OC[C@H](CO[C@@H]1O[C@H](CO)[C@H](O)C(O)C1O)OC(=O)CCCCC/C=C/C/C=C/C/C=C/C/C=C/CCCCC. The lowest BCUT2D eigenvalue weighted by atomic mass is 9.99. The number of hydrogen-bond acceptors (Lipinski definition) is 10. The zero-order valence-corrected chi connectivity index (χ0v) is 36.8. The van der Waals surface area contributed by atoms with Gasteiger partial charge in [0.2, 0.25) is 0 Å². The molecule has 10 nitrogen and oxygen atoms in total. The number of esters is 2. The molecule has 6 atom stereocenters. The summed E-state index contributed by atoms with van der Waals surface area (Å²) in [6.07, 6.45) is 39.7. The molecule has 0 amide bonds. The second kappa shape index (κ2) is 39.5. The minimum atomic E-state index is -1.60. The summed E-state index contributed by atoms with van der Waals surface area (Å²) in [5, 5.41) is 40.1. The van der Waals surface area contributed by atoms with Crippen LogP contribution in [0.15, 0.2) is 61.3 Å². The zero-order valence-electron chi connectivity index (χ0n) is 36.8. The lowest BCUT2D eigenvalue weighted by Gasteiger charge is -2.39. The van der Waals surface area contributed by atoms with Crippen LogP contribution in [0, 0.1) is 0 Å². The van der Waals surface area contributed by atoms with Gasteiger partial charge in [0.05, 0.1) is 13.2 Å². The van der Waals surface area contributed by atoms with Crippen LogP contribution in [0.2, 0.25) is 0 Å². The van der Waals surface area contributed by atoms with Crippen molar-refractivity contribution in [2.45, 2.75) is 217 Å². The predicted octanol–water partition coefficient (Wildman–Crippen LogP) is 10.2. The van der Waals surface area contributed by atoms with Gasteiger partial charge in [0.25, 0.3) is 0 Å². The van der Waals surface area contributed by atoms with Gasteiger partial charge in [-0.25, -0.2) is 0 Å². The maximum atomic E-state index is 12.8. The van der Waals surface area contributed by atoms with Crippen LogP contribution >= 0.6 is 0 Å². The van der Waals surface area contributed by atoms with E-state index in [-0.39, 0.29) is 32.0 Å².